The van der Waals surface area contributed by atoms with E-state index in [4.69, 9.17) is 4.74 Å². The van der Waals surface area contributed by atoms with Crippen LogP contribution in [-0.4, -0.2) is 80.4 Å². The van der Waals surface area contributed by atoms with Crippen LogP contribution in [0.25, 0.3) is 0 Å². The first-order valence-corrected chi connectivity index (χ1v) is 7.28. The molecule has 0 spiro atoms. The van der Waals surface area contributed by atoms with Crippen LogP contribution < -0.4 is 5.32 Å². The molecule has 1 rings (SSSR count). The minimum Gasteiger partial charge on any atom is -0.468 e. The number of rotatable bonds is 5. The van der Waals surface area contributed by atoms with E-state index in [2.05, 4.69) is 19.9 Å². The van der Waals surface area contributed by atoms with Crippen molar-refractivity contribution in [2.24, 2.45) is 0 Å². The lowest BCUT2D eigenvalue weighted by atomic mass is 10.2. The first-order valence-electron chi connectivity index (χ1n) is 7.28. The van der Waals surface area contributed by atoms with Crippen LogP contribution in [-0.2, 0) is 14.3 Å². The van der Waals surface area contributed by atoms with E-state index in [1.54, 1.807) is 0 Å². The lowest BCUT2D eigenvalue weighted by molar-refractivity contribution is -0.142. The molecule has 21 heavy (non-hydrogen) atoms. The van der Waals surface area contributed by atoms with E-state index in [9.17, 15) is 9.59 Å². The van der Waals surface area contributed by atoms with Gasteiger partial charge in [-0.05, 0) is 20.8 Å². The van der Waals surface area contributed by atoms with E-state index in [0.29, 0.717) is 13.1 Å². The summed E-state index contributed by atoms with van der Waals surface area (Å²) >= 11 is 0. The molecular formula is C14H27N3O4. The summed E-state index contributed by atoms with van der Waals surface area (Å²) in [4.78, 5) is 27.0. The normalized spacial score (nSPS) is 17.3. The molecule has 0 saturated carbocycles. The van der Waals surface area contributed by atoms with Crippen molar-refractivity contribution in [3.05, 3.63) is 0 Å². The van der Waals surface area contributed by atoms with Gasteiger partial charge in [0, 0.05) is 39.3 Å². The highest BCUT2D eigenvalue weighted by molar-refractivity contribution is 5.71. The zero-order chi connectivity index (χ0) is 15.9. The average molecular weight is 301 g/mol. The number of carbonyl (C=O) groups excluding carboxylic acids is 2. The minimum absolute atomic E-state index is 0.199. The molecule has 1 aliphatic rings. The van der Waals surface area contributed by atoms with Gasteiger partial charge in [-0.2, -0.15) is 0 Å². The van der Waals surface area contributed by atoms with Crippen LogP contribution in [0.15, 0.2) is 0 Å². The second kappa shape index (κ2) is 8.19. The quantitative estimate of drug-likeness (QED) is 0.737. The first-order chi connectivity index (χ1) is 9.80. The standard InChI is InChI=1S/C14H27N3O4/c1-14(2,3)21-13(19)15-5-6-16-7-9-17(10-8-16)11-12(18)20-4/h5-11H2,1-4H3,(H,15,19). The van der Waals surface area contributed by atoms with E-state index < -0.39 is 5.60 Å². The van der Waals surface area contributed by atoms with Crippen LogP contribution in [0.1, 0.15) is 20.8 Å². The van der Waals surface area contributed by atoms with Gasteiger partial charge in [-0.1, -0.05) is 0 Å². The number of ether oxygens (including phenoxy) is 2. The lowest BCUT2D eigenvalue weighted by Crippen LogP contribution is -2.49. The third kappa shape index (κ3) is 7.87. The lowest BCUT2D eigenvalue weighted by Gasteiger charge is -2.34. The number of amides is 1. The number of piperazine rings is 1. The van der Waals surface area contributed by atoms with Crippen LogP contribution in [0.3, 0.4) is 0 Å². The van der Waals surface area contributed by atoms with Gasteiger partial charge in [0.2, 0.25) is 0 Å². The third-order valence-corrected chi connectivity index (χ3v) is 3.14. The topological polar surface area (TPSA) is 71.1 Å². The number of methoxy groups -OCH3 is 1. The number of esters is 1. The molecule has 0 aromatic carbocycles. The predicted molar refractivity (Wildman–Crippen MR) is 79.1 cm³/mol. The monoisotopic (exact) mass is 301 g/mol. The molecule has 0 aromatic rings. The van der Waals surface area contributed by atoms with Crippen molar-refractivity contribution >= 4 is 12.1 Å². The van der Waals surface area contributed by atoms with Gasteiger partial charge < -0.3 is 14.8 Å². The Bertz CT molecular complexity index is 347. The minimum atomic E-state index is -0.469. The molecule has 1 saturated heterocycles. The Hall–Kier alpha value is -1.34. The molecule has 0 aromatic heterocycles. The van der Waals surface area contributed by atoms with E-state index >= 15 is 0 Å². The van der Waals surface area contributed by atoms with Gasteiger partial charge in [0.1, 0.15) is 5.60 Å². The maximum atomic E-state index is 11.5. The van der Waals surface area contributed by atoms with Gasteiger partial charge in [-0.25, -0.2) is 4.79 Å². The molecule has 1 fully saturated rings. The van der Waals surface area contributed by atoms with E-state index in [1.165, 1.54) is 7.11 Å². The summed E-state index contributed by atoms with van der Waals surface area (Å²) in [5, 5.41) is 2.75. The maximum absolute atomic E-state index is 11.5. The fraction of sp³-hybridized carbons (Fsp3) is 0.857. The summed E-state index contributed by atoms with van der Waals surface area (Å²) in [6.45, 7) is 10.6. The van der Waals surface area contributed by atoms with Crippen molar-refractivity contribution in [2.45, 2.75) is 26.4 Å². The highest BCUT2D eigenvalue weighted by atomic mass is 16.6. The van der Waals surface area contributed by atoms with Gasteiger partial charge in [0.05, 0.1) is 13.7 Å². The molecule has 0 atom stereocenters. The Kier molecular flexibility index (Phi) is 6.91. The third-order valence-electron chi connectivity index (χ3n) is 3.14. The molecule has 7 heteroatoms. The summed E-state index contributed by atoms with van der Waals surface area (Å²) in [6.07, 6.45) is -0.383. The molecule has 0 unspecified atom stereocenters. The Balaban J connectivity index is 2.13. The molecular weight excluding hydrogens is 274 g/mol. The Morgan fingerprint density at radius 2 is 1.67 bits per heavy atom. The highest BCUT2D eigenvalue weighted by Gasteiger charge is 2.19. The molecule has 1 N–H and O–H groups in total. The largest absolute Gasteiger partial charge is 0.468 e. The summed E-state index contributed by atoms with van der Waals surface area (Å²) in [6, 6.07) is 0. The molecule has 122 valence electrons. The fourth-order valence-electron chi connectivity index (χ4n) is 2.05. The molecule has 1 amide bonds. The maximum Gasteiger partial charge on any atom is 0.407 e. The second-order valence-corrected chi connectivity index (χ2v) is 6.12. The van der Waals surface area contributed by atoms with E-state index in [0.717, 1.165) is 32.7 Å². The van der Waals surface area contributed by atoms with Crippen LogP contribution in [0, 0.1) is 0 Å². The molecule has 0 bridgehead atoms. The first kappa shape index (κ1) is 17.7. The van der Waals surface area contributed by atoms with E-state index in [-0.39, 0.29) is 12.1 Å². The number of nitrogens with one attached hydrogen (secondary N) is 1. The second-order valence-electron chi connectivity index (χ2n) is 6.12. The van der Waals surface area contributed by atoms with Crippen molar-refractivity contribution < 1.29 is 19.1 Å². The van der Waals surface area contributed by atoms with Gasteiger partial charge in [0.25, 0.3) is 0 Å². The number of nitrogens with zero attached hydrogens (tertiary/aromatic N) is 2. The number of carbonyl (C=O) groups is 2. The van der Waals surface area contributed by atoms with Gasteiger partial charge in [0.15, 0.2) is 0 Å². The van der Waals surface area contributed by atoms with Crippen LogP contribution in [0.2, 0.25) is 0 Å². The molecule has 0 radical (unpaired) electrons. The zero-order valence-electron chi connectivity index (χ0n) is 13.5. The SMILES string of the molecule is COC(=O)CN1CCN(CCNC(=O)OC(C)(C)C)CC1. The number of hydrogen-bond acceptors (Lipinski definition) is 6. The van der Waals surface area contributed by atoms with E-state index in [1.807, 2.05) is 20.8 Å². The smallest absolute Gasteiger partial charge is 0.407 e. The van der Waals surface area contributed by atoms with Crippen LogP contribution in [0.5, 0.6) is 0 Å². The fourth-order valence-corrected chi connectivity index (χ4v) is 2.05. The highest BCUT2D eigenvalue weighted by Crippen LogP contribution is 2.06. The van der Waals surface area contributed by atoms with Gasteiger partial charge in [-0.15, -0.1) is 0 Å². The Morgan fingerprint density at radius 1 is 1.10 bits per heavy atom. The molecule has 7 nitrogen and oxygen atoms in total. The Morgan fingerprint density at radius 3 is 2.19 bits per heavy atom. The number of alkyl carbamates (subject to hydrolysis) is 1. The molecule has 1 heterocycles. The van der Waals surface area contributed by atoms with Crippen molar-refractivity contribution in [3.8, 4) is 0 Å². The average Bonchev–Trinajstić information content (AvgIpc) is 2.38. The van der Waals surface area contributed by atoms with Crippen molar-refractivity contribution in [3.63, 3.8) is 0 Å². The summed E-state index contributed by atoms with van der Waals surface area (Å²) in [5.41, 5.74) is -0.469. The molecule has 0 aliphatic carbocycles. The summed E-state index contributed by atoms with van der Waals surface area (Å²) in [5.74, 6) is -0.199. The zero-order valence-corrected chi connectivity index (χ0v) is 13.5. The van der Waals surface area contributed by atoms with Crippen molar-refractivity contribution in [1.82, 2.24) is 15.1 Å². The van der Waals surface area contributed by atoms with Crippen molar-refractivity contribution in [2.75, 3.05) is 52.9 Å². The van der Waals surface area contributed by atoms with Gasteiger partial charge in [-0.3, -0.25) is 14.6 Å². The summed E-state index contributed by atoms with van der Waals surface area (Å²) < 4.78 is 9.83. The Labute approximate surface area is 126 Å². The van der Waals surface area contributed by atoms with Crippen LogP contribution >= 0.6 is 0 Å². The van der Waals surface area contributed by atoms with Crippen LogP contribution in [0.4, 0.5) is 4.79 Å². The predicted octanol–water partition coefficient (Wildman–Crippen LogP) is 0.302. The van der Waals surface area contributed by atoms with Crippen molar-refractivity contribution in [1.29, 1.82) is 0 Å². The summed E-state index contributed by atoms with van der Waals surface area (Å²) in [7, 11) is 1.40. The molecule has 1 aliphatic heterocycles. The number of hydrogen-bond donors (Lipinski definition) is 1. The van der Waals surface area contributed by atoms with Gasteiger partial charge >= 0.3 is 12.1 Å².